The van der Waals surface area contributed by atoms with Crippen LogP contribution in [0.15, 0.2) is 17.1 Å². The van der Waals surface area contributed by atoms with E-state index in [0.29, 0.717) is 17.1 Å². The Hall–Kier alpha value is -1.71. The molecule has 0 saturated carbocycles. The molecule has 0 bridgehead atoms. The fraction of sp³-hybridized carbons (Fsp3) is 0.462. The predicted molar refractivity (Wildman–Crippen MR) is 68.6 cm³/mol. The molecule has 0 unspecified atom stereocenters. The first kappa shape index (κ1) is 13.4. The van der Waals surface area contributed by atoms with Crippen molar-refractivity contribution in [3.05, 3.63) is 17.7 Å². The SMILES string of the molecule is COc1cc(O)c(C=NC(C)(C)C)c(OC)c1. The van der Waals surface area contributed by atoms with Gasteiger partial charge in [-0.05, 0) is 20.8 Å². The molecule has 0 fully saturated rings. The molecule has 1 rings (SSSR count). The maximum atomic E-state index is 9.88. The Balaban J connectivity index is 3.19. The van der Waals surface area contributed by atoms with Crippen molar-refractivity contribution in [2.24, 2.45) is 4.99 Å². The zero-order valence-corrected chi connectivity index (χ0v) is 10.9. The maximum Gasteiger partial charge on any atom is 0.135 e. The van der Waals surface area contributed by atoms with Gasteiger partial charge in [0.15, 0.2) is 0 Å². The van der Waals surface area contributed by atoms with Crippen molar-refractivity contribution in [2.45, 2.75) is 26.3 Å². The van der Waals surface area contributed by atoms with Gasteiger partial charge in [-0.15, -0.1) is 0 Å². The van der Waals surface area contributed by atoms with Crippen LogP contribution in [-0.2, 0) is 0 Å². The van der Waals surface area contributed by atoms with Crippen molar-refractivity contribution in [3.63, 3.8) is 0 Å². The fourth-order valence-corrected chi connectivity index (χ4v) is 1.26. The third-order valence-corrected chi connectivity index (χ3v) is 2.13. The van der Waals surface area contributed by atoms with E-state index in [2.05, 4.69) is 4.99 Å². The largest absolute Gasteiger partial charge is 0.507 e. The Labute approximate surface area is 102 Å². The van der Waals surface area contributed by atoms with Crippen molar-refractivity contribution in [1.82, 2.24) is 0 Å². The lowest BCUT2D eigenvalue weighted by Crippen LogP contribution is -2.10. The summed E-state index contributed by atoms with van der Waals surface area (Å²) in [6, 6.07) is 3.25. The molecule has 4 nitrogen and oxygen atoms in total. The number of rotatable bonds is 3. The first-order chi connectivity index (χ1) is 7.87. The van der Waals surface area contributed by atoms with Crippen molar-refractivity contribution < 1.29 is 14.6 Å². The number of hydrogen-bond donors (Lipinski definition) is 1. The second kappa shape index (κ2) is 5.08. The summed E-state index contributed by atoms with van der Waals surface area (Å²) in [6.07, 6.45) is 1.62. The van der Waals surface area contributed by atoms with Crippen LogP contribution in [0.1, 0.15) is 26.3 Å². The summed E-state index contributed by atoms with van der Waals surface area (Å²) in [5.41, 5.74) is 0.361. The lowest BCUT2D eigenvalue weighted by molar-refractivity contribution is 0.384. The molecule has 0 aliphatic carbocycles. The van der Waals surface area contributed by atoms with E-state index in [1.54, 1.807) is 19.4 Å². The summed E-state index contributed by atoms with van der Waals surface area (Å²) >= 11 is 0. The highest BCUT2D eigenvalue weighted by Crippen LogP contribution is 2.32. The molecular formula is C13H19NO3. The topological polar surface area (TPSA) is 51.0 Å². The molecule has 17 heavy (non-hydrogen) atoms. The quantitative estimate of drug-likeness (QED) is 0.822. The first-order valence-corrected chi connectivity index (χ1v) is 5.37. The Bertz CT molecular complexity index is 419. The highest BCUT2D eigenvalue weighted by molar-refractivity contribution is 5.88. The van der Waals surface area contributed by atoms with Crippen molar-refractivity contribution in [1.29, 1.82) is 0 Å². The van der Waals surface area contributed by atoms with Crippen LogP contribution in [0.4, 0.5) is 0 Å². The summed E-state index contributed by atoms with van der Waals surface area (Å²) in [5.74, 6) is 1.18. The fourth-order valence-electron chi connectivity index (χ4n) is 1.26. The molecule has 0 aliphatic heterocycles. The van der Waals surface area contributed by atoms with Gasteiger partial charge in [0.05, 0.1) is 25.3 Å². The molecule has 0 aromatic heterocycles. The molecule has 0 aliphatic rings. The minimum Gasteiger partial charge on any atom is -0.507 e. The molecule has 94 valence electrons. The monoisotopic (exact) mass is 237 g/mol. The number of methoxy groups -OCH3 is 2. The molecule has 0 heterocycles. The van der Waals surface area contributed by atoms with Crippen LogP contribution >= 0.6 is 0 Å². The standard InChI is InChI=1S/C13H19NO3/c1-13(2,3)14-8-10-11(15)6-9(16-4)7-12(10)17-5/h6-8,15H,1-5H3. The van der Waals surface area contributed by atoms with Crippen LogP contribution in [0.3, 0.4) is 0 Å². The van der Waals surface area contributed by atoms with Gasteiger partial charge in [0.25, 0.3) is 0 Å². The summed E-state index contributed by atoms with van der Waals surface area (Å²) in [5, 5.41) is 9.88. The number of phenols is 1. The molecule has 0 spiro atoms. The van der Waals surface area contributed by atoms with E-state index in [1.165, 1.54) is 13.2 Å². The van der Waals surface area contributed by atoms with Crippen molar-refractivity contribution in [3.8, 4) is 17.2 Å². The van der Waals surface area contributed by atoms with Crippen molar-refractivity contribution in [2.75, 3.05) is 14.2 Å². The lowest BCUT2D eigenvalue weighted by atomic mass is 10.1. The summed E-state index contributed by atoms with van der Waals surface area (Å²) in [4.78, 5) is 4.35. The number of ether oxygens (including phenoxy) is 2. The zero-order chi connectivity index (χ0) is 13.1. The highest BCUT2D eigenvalue weighted by Gasteiger charge is 2.12. The van der Waals surface area contributed by atoms with Gasteiger partial charge in [-0.3, -0.25) is 4.99 Å². The van der Waals surface area contributed by atoms with Crippen LogP contribution in [0.5, 0.6) is 17.2 Å². The minimum atomic E-state index is -0.197. The lowest BCUT2D eigenvalue weighted by Gasteiger charge is -2.13. The van der Waals surface area contributed by atoms with E-state index in [-0.39, 0.29) is 11.3 Å². The average molecular weight is 237 g/mol. The Morgan fingerprint density at radius 2 is 1.82 bits per heavy atom. The number of phenolic OH excluding ortho intramolecular Hbond substituents is 1. The number of aliphatic imine (C=N–C) groups is 1. The van der Waals surface area contributed by atoms with Crippen LogP contribution in [0.25, 0.3) is 0 Å². The average Bonchev–Trinajstić information content (AvgIpc) is 2.25. The molecule has 1 aromatic carbocycles. The third kappa shape index (κ3) is 3.66. The van der Waals surface area contributed by atoms with Crippen LogP contribution in [0.2, 0.25) is 0 Å². The predicted octanol–water partition coefficient (Wildman–Crippen LogP) is 2.63. The zero-order valence-electron chi connectivity index (χ0n) is 10.9. The van der Waals surface area contributed by atoms with E-state index in [4.69, 9.17) is 9.47 Å². The van der Waals surface area contributed by atoms with Gasteiger partial charge >= 0.3 is 0 Å². The van der Waals surface area contributed by atoms with E-state index in [1.807, 2.05) is 20.8 Å². The van der Waals surface area contributed by atoms with Gasteiger partial charge < -0.3 is 14.6 Å². The van der Waals surface area contributed by atoms with E-state index < -0.39 is 0 Å². The molecule has 0 radical (unpaired) electrons. The van der Waals surface area contributed by atoms with Gasteiger partial charge in [-0.25, -0.2) is 0 Å². The van der Waals surface area contributed by atoms with E-state index >= 15 is 0 Å². The highest BCUT2D eigenvalue weighted by atomic mass is 16.5. The minimum absolute atomic E-state index is 0.0919. The molecule has 4 heteroatoms. The Morgan fingerprint density at radius 1 is 1.18 bits per heavy atom. The molecule has 1 aromatic rings. The van der Waals surface area contributed by atoms with Gasteiger partial charge in [-0.1, -0.05) is 0 Å². The number of hydrogen-bond acceptors (Lipinski definition) is 4. The van der Waals surface area contributed by atoms with Crippen LogP contribution in [-0.4, -0.2) is 31.1 Å². The maximum absolute atomic E-state index is 9.88. The summed E-state index contributed by atoms with van der Waals surface area (Å²) < 4.78 is 10.3. The van der Waals surface area contributed by atoms with E-state index in [0.717, 1.165) is 0 Å². The normalized spacial score (nSPS) is 11.8. The van der Waals surface area contributed by atoms with Crippen molar-refractivity contribution >= 4 is 6.21 Å². The molecule has 0 amide bonds. The second-order valence-electron chi connectivity index (χ2n) is 4.69. The molecular weight excluding hydrogens is 218 g/mol. The smallest absolute Gasteiger partial charge is 0.135 e. The van der Waals surface area contributed by atoms with Gasteiger partial charge in [0.1, 0.15) is 17.2 Å². The van der Waals surface area contributed by atoms with Gasteiger partial charge in [0, 0.05) is 18.3 Å². The Kier molecular flexibility index (Phi) is 3.99. The number of aromatic hydroxyl groups is 1. The molecule has 0 atom stereocenters. The van der Waals surface area contributed by atoms with Gasteiger partial charge in [-0.2, -0.15) is 0 Å². The van der Waals surface area contributed by atoms with Gasteiger partial charge in [0.2, 0.25) is 0 Å². The molecule has 1 N–H and O–H groups in total. The number of nitrogens with zero attached hydrogens (tertiary/aromatic N) is 1. The molecule has 0 saturated heterocycles. The summed E-state index contributed by atoms with van der Waals surface area (Å²) in [6.45, 7) is 5.95. The third-order valence-electron chi connectivity index (χ3n) is 2.13. The summed E-state index contributed by atoms with van der Waals surface area (Å²) in [7, 11) is 3.08. The second-order valence-corrected chi connectivity index (χ2v) is 4.69. The first-order valence-electron chi connectivity index (χ1n) is 5.37. The van der Waals surface area contributed by atoms with Crippen LogP contribution in [0, 0.1) is 0 Å². The number of benzene rings is 1. The van der Waals surface area contributed by atoms with Crippen LogP contribution < -0.4 is 9.47 Å². The Morgan fingerprint density at radius 3 is 2.29 bits per heavy atom. The van der Waals surface area contributed by atoms with E-state index in [9.17, 15) is 5.11 Å².